The van der Waals surface area contributed by atoms with Crippen molar-refractivity contribution in [2.75, 3.05) is 20.8 Å². The van der Waals surface area contributed by atoms with E-state index in [0.717, 1.165) is 0 Å². The number of amides is 1. The third-order valence-corrected chi connectivity index (χ3v) is 3.53. The summed E-state index contributed by atoms with van der Waals surface area (Å²) in [5.74, 6) is 1.22. The topological polar surface area (TPSA) is 69.2 Å². The molecule has 0 aliphatic heterocycles. The number of nitrogens with zero attached hydrogens (tertiary/aromatic N) is 1. The fourth-order valence-electron chi connectivity index (χ4n) is 2.09. The molecule has 1 amide bonds. The number of methoxy groups -OCH3 is 2. The SMILES string of the molecule is CCOc1c(Cl)cc(/C=N/NC(=O)c2cccc(OC)c2)cc1OC. The van der Waals surface area contributed by atoms with Crippen LogP contribution in [0.3, 0.4) is 0 Å². The number of hydrazone groups is 1. The lowest BCUT2D eigenvalue weighted by Crippen LogP contribution is -2.17. The molecular formula is C18H19ClN2O4. The van der Waals surface area contributed by atoms with E-state index in [9.17, 15) is 4.79 Å². The van der Waals surface area contributed by atoms with Crippen molar-refractivity contribution in [3.8, 4) is 17.2 Å². The van der Waals surface area contributed by atoms with Crippen LogP contribution in [0, 0.1) is 0 Å². The second kappa shape index (κ2) is 8.94. The van der Waals surface area contributed by atoms with Gasteiger partial charge < -0.3 is 14.2 Å². The van der Waals surface area contributed by atoms with Crippen molar-refractivity contribution in [3.05, 3.63) is 52.5 Å². The summed E-state index contributed by atoms with van der Waals surface area (Å²) in [4.78, 5) is 12.1. The van der Waals surface area contributed by atoms with E-state index in [1.807, 2.05) is 6.92 Å². The minimum absolute atomic E-state index is 0.348. The maximum Gasteiger partial charge on any atom is 0.271 e. The van der Waals surface area contributed by atoms with Gasteiger partial charge in [0.05, 0.1) is 32.1 Å². The Morgan fingerprint density at radius 1 is 1.24 bits per heavy atom. The third-order valence-electron chi connectivity index (χ3n) is 3.25. The van der Waals surface area contributed by atoms with Crippen LogP contribution in [-0.2, 0) is 0 Å². The Labute approximate surface area is 151 Å². The molecule has 2 aromatic carbocycles. The van der Waals surface area contributed by atoms with Crippen molar-refractivity contribution in [1.29, 1.82) is 0 Å². The van der Waals surface area contributed by atoms with E-state index < -0.39 is 0 Å². The Hall–Kier alpha value is -2.73. The number of nitrogens with one attached hydrogen (secondary N) is 1. The van der Waals surface area contributed by atoms with Crippen LogP contribution in [0.5, 0.6) is 17.2 Å². The van der Waals surface area contributed by atoms with E-state index >= 15 is 0 Å². The molecular weight excluding hydrogens is 344 g/mol. The first-order valence-corrected chi connectivity index (χ1v) is 7.94. The van der Waals surface area contributed by atoms with Crippen LogP contribution in [0.1, 0.15) is 22.8 Å². The summed E-state index contributed by atoms with van der Waals surface area (Å²) in [5.41, 5.74) is 3.56. The number of hydrogen-bond acceptors (Lipinski definition) is 5. The highest BCUT2D eigenvalue weighted by atomic mass is 35.5. The number of hydrogen-bond donors (Lipinski definition) is 1. The van der Waals surface area contributed by atoms with Crippen molar-refractivity contribution in [2.24, 2.45) is 5.10 Å². The second-order valence-electron chi connectivity index (χ2n) is 4.90. The molecule has 2 aromatic rings. The van der Waals surface area contributed by atoms with Gasteiger partial charge in [-0.25, -0.2) is 5.43 Å². The number of halogens is 1. The molecule has 0 saturated heterocycles. The first-order valence-electron chi connectivity index (χ1n) is 7.56. The number of carbonyl (C=O) groups is 1. The largest absolute Gasteiger partial charge is 0.497 e. The van der Waals surface area contributed by atoms with E-state index in [0.29, 0.717) is 40.0 Å². The van der Waals surface area contributed by atoms with Gasteiger partial charge in [-0.1, -0.05) is 17.7 Å². The summed E-state index contributed by atoms with van der Waals surface area (Å²) in [6.07, 6.45) is 1.47. The maximum atomic E-state index is 12.1. The van der Waals surface area contributed by atoms with Crippen molar-refractivity contribution in [3.63, 3.8) is 0 Å². The van der Waals surface area contributed by atoms with Gasteiger partial charge in [-0.05, 0) is 42.8 Å². The molecule has 1 N–H and O–H groups in total. The molecule has 7 heteroatoms. The summed E-state index contributed by atoms with van der Waals surface area (Å²) in [7, 11) is 3.07. The maximum absolute atomic E-state index is 12.1. The van der Waals surface area contributed by atoms with Gasteiger partial charge in [-0.15, -0.1) is 0 Å². The molecule has 0 aliphatic rings. The highest BCUT2D eigenvalue weighted by Gasteiger charge is 2.11. The quantitative estimate of drug-likeness (QED) is 0.604. The van der Waals surface area contributed by atoms with Crippen LogP contribution in [-0.4, -0.2) is 32.9 Å². The zero-order chi connectivity index (χ0) is 18.2. The summed E-state index contributed by atoms with van der Waals surface area (Å²) in [6.45, 7) is 2.33. The average Bonchev–Trinajstić information content (AvgIpc) is 2.63. The van der Waals surface area contributed by atoms with Gasteiger partial charge in [-0.2, -0.15) is 5.10 Å². The van der Waals surface area contributed by atoms with Gasteiger partial charge in [0.25, 0.3) is 5.91 Å². The molecule has 0 aromatic heterocycles. The monoisotopic (exact) mass is 362 g/mol. The summed E-state index contributed by atoms with van der Waals surface area (Å²) < 4.78 is 15.8. The molecule has 0 aliphatic carbocycles. The summed E-state index contributed by atoms with van der Waals surface area (Å²) in [6, 6.07) is 10.2. The van der Waals surface area contributed by atoms with Gasteiger partial charge >= 0.3 is 0 Å². The van der Waals surface area contributed by atoms with Crippen molar-refractivity contribution < 1.29 is 19.0 Å². The molecule has 0 bridgehead atoms. The summed E-state index contributed by atoms with van der Waals surface area (Å²) >= 11 is 6.19. The van der Waals surface area contributed by atoms with Crippen LogP contribution >= 0.6 is 11.6 Å². The van der Waals surface area contributed by atoms with E-state index in [2.05, 4.69) is 10.5 Å². The molecule has 2 rings (SSSR count). The van der Waals surface area contributed by atoms with E-state index in [1.54, 1.807) is 36.4 Å². The number of benzene rings is 2. The molecule has 0 radical (unpaired) electrons. The van der Waals surface area contributed by atoms with Crippen LogP contribution in [0.4, 0.5) is 0 Å². The minimum atomic E-state index is -0.348. The van der Waals surface area contributed by atoms with Gasteiger partial charge in [0.2, 0.25) is 0 Å². The highest BCUT2D eigenvalue weighted by molar-refractivity contribution is 6.32. The molecule has 25 heavy (non-hydrogen) atoms. The van der Waals surface area contributed by atoms with Gasteiger partial charge in [0.15, 0.2) is 11.5 Å². The molecule has 0 saturated carbocycles. The minimum Gasteiger partial charge on any atom is -0.497 e. The Kier molecular flexibility index (Phi) is 6.65. The Morgan fingerprint density at radius 2 is 2.04 bits per heavy atom. The van der Waals surface area contributed by atoms with Gasteiger partial charge in [0.1, 0.15) is 5.75 Å². The second-order valence-corrected chi connectivity index (χ2v) is 5.31. The Bertz CT molecular complexity index is 778. The normalized spacial score (nSPS) is 10.6. The number of ether oxygens (including phenoxy) is 3. The van der Waals surface area contributed by atoms with E-state index in [4.69, 9.17) is 25.8 Å². The summed E-state index contributed by atoms with van der Waals surface area (Å²) in [5, 5.41) is 4.35. The third kappa shape index (κ3) is 4.87. The molecule has 0 unspecified atom stereocenters. The number of carbonyl (C=O) groups excluding carboxylic acids is 1. The van der Waals surface area contributed by atoms with Crippen molar-refractivity contribution in [2.45, 2.75) is 6.92 Å². The van der Waals surface area contributed by atoms with Crippen molar-refractivity contribution in [1.82, 2.24) is 5.43 Å². The highest BCUT2D eigenvalue weighted by Crippen LogP contribution is 2.35. The predicted molar refractivity (Wildman–Crippen MR) is 97.2 cm³/mol. The Morgan fingerprint density at radius 3 is 2.72 bits per heavy atom. The Balaban J connectivity index is 2.11. The van der Waals surface area contributed by atoms with Gasteiger partial charge in [-0.3, -0.25) is 4.79 Å². The zero-order valence-corrected chi connectivity index (χ0v) is 15.0. The lowest BCUT2D eigenvalue weighted by Gasteiger charge is -2.11. The van der Waals surface area contributed by atoms with E-state index in [-0.39, 0.29) is 5.91 Å². The molecule has 0 atom stereocenters. The van der Waals surface area contributed by atoms with Crippen LogP contribution in [0.25, 0.3) is 0 Å². The van der Waals surface area contributed by atoms with Crippen LogP contribution in [0.2, 0.25) is 5.02 Å². The molecule has 0 spiro atoms. The number of rotatable bonds is 7. The van der Waals surface area contributed by atoms with Crippen molar-refractivity contribution >= 4 is 23.7 Å². The fourth-order valence-corrected chi connectivity index (χ4v) is 2.37. The average molecular weight is 363 g/mol. The van der Waals surface area contributed by atoms with Crippen LogP contribution in [0.15, 0.2) is 41.5 Å². The standard InChI is InChI=1S/C18H19ClN2O4/c1-4-25-17-15(19)8-12(9-16(17)24-3)11-20-21-18(22)13-6-5-7-14(10-13)23-2/h5-11H,4H2,1-3H3,(H,21,22)/b20-11+. The lowest BCUT2D eigenvalue weighted by atomic mass is 10.2. The molecule has 132 valence electrons. The van der Waals surface area contributed by atoms with Gasteiger partial charge in [0, 0.05) is 5.56 Å². The van der Waals surface area contributed by atoms with E-state index in [1.165, 1.54) is 20.4 Å². The first kappa shape index (κ1) is 18.6. The first-order chi connectivity index (χ1) is 12.1. The predicted octanol–water partition coefficient (Wildman–Crippen LogP) is 3.52. The smallest absolute Gasteiger partial charge is 0.271 e. The molecule has 0 heterocycles. The molecule has 6 nitrogen and oxygen atoms in total. The fraction of sp³-hybridized carbons (Fsp3) is 0.222. The lowest BCUT2D eigenvalue weighted by molar-refractivity contribution is 0.0955. The molecule has 0 fully saturated rings. The van der Waals surface area contributed by atoms with Crippen LogP contribution < -0.4 is 19.6 Å². The zero-order valence-electron chi connectivity index (χ0n) is 14.2.